The first kappa shape index (κ1) is 35.1. The molecule has 0 bridgehead atoms. The maximum atomic E-state index is 13.9. The molecule has 3 aromatic carbocycles. The molecule has 5 rings (SSSR count). The number of hydrogen-bond donors (Lipinski definition) is 1. The molecular formula is C39H48N2O6Si. The number of hydrogen-bond acceptors (Lipinski definition) is 6. The number of carbonyl (C=O) groups excluding carboxylic acids is 1. The third-order valence-corrected chi connectivity index (χ3v) is 14.3. The molecule has 48 heavy (non-hydrogen) atoms. The molecule has 1 N–H and O–H groups in total. The Kier molecular flexibility index (Phi) is 11.6. The number of aliphatic hydroxyl groups is 1. The standard InChI is InChI=1S/C39H48N2O6Si/c1-28-34(22-15-29-13-16-31(17-14-29)41-23-9-12-35(46-3)39(41)44)47-36(38(28)48(4,5)33-20-18-32(45-2)19-21-33)26-37(43)40(24-25-42)27-30-10-7-6-8-11-30/h6-14,16-21,23,28,34,36,38,42H,15,22,24-27H2,1-5H3/t28-,34+,36-,38+/m0/s1. The molecule has 0 unspecified atom stereocenters. The molecule has 0 spiro atoms. The van der Waals surface area contributed by atoms with Crippen LogP contribution in [0.25, 0.3) is 5.69 Å². The summed E-state index contributed by atoms with van der Waals surface area (Å²) in [5, 5.41) is 11.1. The van der Waals surface area contributed by atoms with Gasteiger partial charge in [0.15, 0.2) is 5.75 Å². The van der Waals surface area contributed by atoms with E-state index in [9.17, 15) is 14.7 Å². The highest BCUT2D eigenvalue weighted by Gasteiger charge is 2.51. The van der Waals surface area contributed by atoms with Crippen LogP contribution in [-0.4, -0.2) is 68.1 Å². The summed E-state index contributed by atoms with van der Waals surface area (Å²) in [4.78, 5) is 28.4. The second kappa shape index (κ2) is 15.8. The molecule has 1 aliphatic heterocycles. The van der Waals surface area contributed by atoms with Crippen molar-refractivity contribution in [3.8, 4) is 17.2 Å². The van der Waals surface area contributed by atoms with Gasteiger partial charge in [0.2, 0.25) is 5.91 Å². The Bertz CT molecular complexity index is 1690. The average molecular weight is 669 g/mol. The molecule has 1 aromatic heterocycles. The van der Waals surface area contributed by atoms with Crippen molar-refractivity contribution in [3.05, 3.63) is 119 Å². The lowest BCUT2D eigenvalue weighted by Gasteiger charge is -2.36. The summed E-state index contributed by atoms with van der Waals surface area (Å²) in [6.45, 7) is 7.69. The van der Waals surface area contributed by atoms with Gasteiger partial charge >= 0.3 is 0 Å². The number of methoxy groups -OCH3 is 2. The molecule has 4 aromatic rings. The normalized spacial score (nSPS) is 19.2. The van der Waals surface area contributed by atoms with Crippen LogP contribution in [0.15, 0.2) is 102 Å². The van der Waals surface area contributed by atoms with Crippen LogP contribution in [0.2, 0.25) is 18.6 Å². The minimum atomic E-state index is -2.15. The summed E-state index contributed by atoms with van der Waals surface area (Å²) in [6.07, 6.45) is 3.39. The molecule has 0 radical (unpaired) electrons. The van der Waals surface area contributed by atoms with Gasteiger partial charge in [0.25, 0.3) is 5.56 Å². The predicted octanol–water partition coefficient (Wildman–Crippen LogP) is 5.59. The van der Waals surface area contributed by atoms with E-state index < -0.39 is 8.07 Å². The number of amides is 1. The smallest absolute Gasteiger partial charge is 0.297 e. The van der Waals surface area contributed by atoms with E-state index in [0.717, 1.165) is 35.4 Å². The third kappa shape index (κ3) is 7.92. The lowest BCUT2D eigenvalue weighted by Crippen LogP contribution is -2.51. The van der Waals surface area contributed by atoms with E-state index in [0.29, 0.717) is 12.3 Å². The number of rotatable bonds is 14. The first-order chi connectivity index (χ1) is 23.2. The van der Waals surface area contributed by atoms with Crippen LogP contribution in [0.4, 0.5) is 0 Å². The molecule has 8 nitrogen and oxygen atoms in total. The van der Waals surface area contributed by atoms with Crippen molar-refractivity contribution >= 4 is 19.2 Å². The summed E-state index contributed by atoms with van der Waals surface area (Å²) in [6, 6.07) is 29.8. The van der Waals surface area contributed by atoms with Crippen LogP contribution in [0.5, 0.6) is 11.5 Å². The van der Waals surface area contributed by atoms with Crippen molar-refractivity contribution in [2.45, 2.75) is 63.6 Å². The van der Waals surface area contributed by atoms with Gasteiger partial charge in [-0.15, -0.1) is 0 Å². The molecule has 1 saturated heterocycles. The fourth-order valence-corrected chi connectivity index (χ4v) is 11.4. The van der Waals surface area contributed by atoms with E-state index in [1.165, 1.54) is 12.3 Å². The van der Waals surface area contributed by atoms with Crippen LogP contribution >= 0.6 is 0 Å². The predicted molar refractivity (Wildman–Crippen MR) is 192 cm³/mol. The fraction of sp³-hybridized carbons (Fsp3) is 0.385. The van der Waals surface area contributed by atoms with E-state index in [1.807, 2.05) is 54.6 Å². The monoisotopic (exact) mass is 668 g/mol. The van der Waals surface area contributed by atoms with Gasteiger partial charge in [-0.3, -0.25) is 14.2 Å². The Hall–Kier alpha value is -4.18. The van der Waals surface area contributed by atoms with Crippen LogP contribution in [0.1, 0.15) is 30.9 Å². The summed E-state index contributed by atoms with van der Waals surface area (Å²) < 4.78 is 19.1. The molecule has 9 heteroatoms. The number of benzene rings is 3. The van der Waals surface area contributed by atoms with E-state index in [1.54, 1.807) is 34.9 Å². The summed E-state index contributed by atoms with van der Waals surface area (Å²) in [5.41, 5.74) is 2.98. The highest BCUT2D eigenvalue weighted by molar-refractivity contribution is 6.91. The van der Waals surface area contributed by atoms with Gasteiger partial charge in [-0.05, 0) is 71.8 Å². The van der Waals surface area contributed by atoms with E-state index in [4.69, 9.17) is 14.2 Å². The zero-order valence-electron chi connectivity index (χ0n) is 28.7. The Balaban J connectivity index is 1.35. The lowest BCUT2D eigenvalue weighted by atomic mass is 9.95. The molecule has 0 saturated carbocycles. The molecule has 2 heterocycles. The van der Waals surface area contributed by atoms with Gasteiger partial charge in [0.05, 0.1) is 47.5 Å². The number of ether oxygens (including phenoxy) is 3. The van der Waals surface area contributed by atoms with Crippen molar-refractivity contribution in [1.29, 1.82) is 0 Å². The number of nitrogens with zero attached hydrogens (tertiary/aromatic N) is 2. The largest absolute Gasteiger partial charge is 0.497 e. The minimum Gasteiger partial charge on any atom is -0.497 e. The first-order valence-electron chi connectivity index (χ1n) is 16.7. The summed E-state index contributed by atoms with van der Waals surface area (Å²) in [7, 11) is 1.02. The third-order valence-electron chi connectivity index (χ3n) is 9.95. The van der Waals surface area contributed by atoms with Gasteiger partial charge in [-0.2, -0.15) is 0 Å². The highest BCUT2D eigenvalue weighted by Crippen LogP contribution is 2.46. The van der Waals surface area contributed by atoms with Gasteiger partial charge in [-0.25, -0.2) is 0 Å². The van der Waals surface area contributed by atoms with Crippen LogP contribution in [0, 0.1) is 5.92 Å². The van der Waals surface area contributed by atoms with Gasteiger partial charge < -0.3 is 24.2 Å². The van der Waals surface area contributed by atoms with Crippen LogP contribution < -0.4 is 20.2 Å². The molecule has 1 amide bonds. The number of aromatic nitrogens is 1. The maximum Gasteiger partial charge on any atom is 0.297 e. The molecule has 1 aliphatic rings. The van der Waals surface area contributed by atoms with E-state index >= 15 is 0 Å². The molecule has 4 atom stereocenters. The SMILES string of the molecule is COc1ccc([Si](C)(C)[C@@H]2[C@@H](C)[C@@H](CCc3ccc(-n4cccc(OC)c4=O)cc3)O[C@H]2CC(=O)N(CCO)Cc2ccccc2)cc1. The topological polar surface area (TPSA) is 90.2 Å². The van der Waals surface area contributed by atoms with Crippen molar-refractivity contribution in [2.75, 3.05) is 27.4 Å². The van der Waals surface area contributed by atoms with Crippen molar-refractivity contribution in [1.82, 2.24) is 9.47 Å². The molecule has 0 aliphatic carbocycles. The van der Waals surface area contributed by atoms with Crippen molar-refractivity contribution < 1.29 is 24.1 Å². The number of carbonyl (C=O) groups is 1. The number of aliphatic hydroxyl groups excluding tert-OH is 1. The molecule has 254 valence electrons. The maximum absolute atomic E-state index is 13.9. The Labute approximate surface area is 284 Å². The molecule has 1 fully saturated rings. The zero-order valence-corrected chi connectivity index (χ0v) is 29.7. The number of aryl methyl sites for hydroxylation is 1. The molecular weight excluding hydrogens is 621 g/mol. The first-order valence-corrected chi connectivity index (χ1v) is 19.8. The van der Waals surface area contributed by atoms with Gasteiger partial charge in [-0.1, -0.05) is 79.8 Å². The Morgan fingerprint density at radius 2 is 1.60 bits per heavy atom. The van der Waals surface area contributed by atoms with Gasteiger partial charge in [0, 0.05) is 25.0 Å². The van der Waals surface area contributed by atoms with Crippen molar-refractivity contribution in [3.63, 3.8) is 0 Å². The quantitative estimate of drug-likeness (QED) is 0.176. The average Bonchev–Trinajstić information content (AvgIpc) is 3.42. The van der Waals surface area contributed by atoms with E-state index in [2.05, 4.69) is 44.3 Å². The van der Waals surface area contributed by atoms with Crippen molar-refractivity contribution in [2.24, 2.45) is 5.92 Å². The van der Waals surface area contributed by atoms with E-state index in [-0.39, 0.29) is 54.7 Å². The van der Waals surface area contributed by atoms with Gasteiger partial charge in [0.1, 0.15) is 5.75 Å². The minimum absolute atomic E-state index is 0.00124. The fourth-order valence-electron chi connectivity index (χ4n) is 7.33. The number of pyridine rings is 1. The Morgan fingerprint density at radius 1 is 0.896 bits per heavy atom. The summed E-state index contributed by atoms with van der Waals surface area (Å²) in [5.74, 6) is 1.37. The van der Waals surface area contributed by atoms with Crippen LogP contribution in [0.3, 0.4) is 0 Å². The second-order valence-electron chi connectivity index (χ2n) is 13.2. The highest BCUT2D eigenvalue weighted by atomic mass is 28.3. The van der Waals surface area contributed by atoms with Crippen LogP contribution in [-0.2, 0) is 22.5 Å². The zero-order chi connectivity index (χ0) is 34.3. The second-order valence-corrected chi connectivity index (χ2v) is 17.9. The summed E-state index contributed by atoms with van der Waals surface area (Å²) >= 11 is 0. The lowest BCUT2D eigenvalue weighted by molar-refractivity contribution is -0.135. The Morgan fingerprint density at radius 3 is 2.25 bits per heavy atom.